The van der Waals surface area contributed by atoms with Gasteiger partial charge in [0.2, 0.25) is 0 Å². The molecule has 2 aromatic rings. The molecule has 0 bridgehead atoms. The number of rotatable bonds is 7. The summed E-state index contributed by atoms with van der Waals surface area (Å²) in [5, 5.41) is 15.9. The highest BCUT2D eigenvalue weighted by atomic mass is 35.5. The maximum absolute atomic E-state index is 6.31. The minimum atomic E-state index is 0.519. The van der Waals surface area contributed by atoms with E-state index in [1.54, 1.807) is 7.11 Å². The lowest BCUT2D eigenvalue weighted by Crippen LogP contribution is -2.38. The van der Waals surface area contributed by atoms with Gasteiger partial charge >= 0.3 is 0 Å². The standard InChI is InChI=1S/C19H27ClN6O/c1-3-21-19(22-10-9-14-7-8-15(27-2)12-16(14)20)23-13-18-25-24-17-6-4-5-11-26(17)18/h7-8,12H,3-6,9-11,13H2,1-2H3,(H2,21,22,23). The second-order valence-electron chi connectivity index (χ2n) is 6.47. The van der Waals surface area contributed by atoms with Crippen molar-refractivity contribution < 1.29 is 4.74 Å². The van der Waals surface area contributed by atoms with E-state index >= 15 is 0 Å². The highest BCUT2D eigenvalue weighted by Crippen LogP contribution is 2.22. The quantitative estimate of drug-likeness (QED) is 0.561. The maximum Gasteiger partial charge on any atom is 0.191 e. The topological polar surface area (TPSA) is 76.4 Å². The summed E-state index contributed by atoms with van der Waals surface area (Å²) in [6, 6.07) is 5.76. The van der Waals surface area contributed by atoms with Crippen LogP contribution in [0.3, 0.4) is 0 Å². The zero-order valence-electron chi connectivity index (χ0n) is 16.0. The summed E-state index contributed by atoms with van der Waals surface area (Å²) >= 11 is 6.31. The number of aromatic nitrogens is 3. The Morgan fingerprint density at radius 2 is 2.19 bits per heavy atom. The molecule has 1 aromatic heterocycles. The summed E-state index contributed by atoms with van der Waals surface area (Å²) < 4.78 is 7.39. The van der Waals surface area contributed by atoms with Crippen molar-refractivity contribution in [3.8, 4) is 5.75 Å². The lowest BCUT2D eigenvalue weighted by atomic mass is 10.1. The van der Waals surface area contributed by atoms with E-state index in [0.29, 0.717) is 11.6 Å². The molecule has 0 aliphatic carbocycles. The summed E-state index contributed by atoms with van der Waals surface area (Å²) in [7, 11) is 1.64. The van der Waals surface area contributed by atoms with Crippen LogP contribution in [0.15, 0.2) is 23.2 Å². The van der Waals surface area contributed by atoms with Crippen LogP contribution in [0.2, 0.25) is 5.02 Å². The van der Waals surface area contributed by atoms with Crippen molar-refractivity contribution in [3.63, 3.8) is 0 Å². The molecule has 8 heteroatoms. The van der Waals surface area contributed by atoms with Crippen molar-refractivity contribution in [2.24, 2.45) is 4.99 Å². The number of nitrogens with one attached hydrogen (secondary N) is 2. The number of halogens is 1. The van der Waals surface area contributed by atoms with Crippen LogP contribution in [0.25, 0.3) is 0 Å². The van der Waals surface area contributed by atoms with E-state index in [2.05, 4.69) is 37.3 Å². The highest BCUT2D eigenvalue weighted by Gasteiger charge is 2.15. The van der Waals surface area contributed by atoms with Crippen LogP contribution in [0.1, 0.15) is 37.0 Å². The number of hydrogen-bond acceptors (Lipinski definition) is 4. The largest absolute Gasteiger partial charge is 0.497 e. The van der Waals surface area contributed by atoms with Gasteiger partial charge in [-0.2, -0.15) is 0 Å². The van der Waals surface area contributed by atoms with Gasteiger partial charge in [-0.05, 0) is 43.9 Å². The van der Waals surface area contributed by atoms with Crippen molar-refractivity contribution in [1.82, 2.24) is 25.4 Å². The third kappa shape index (κ3) is 5.13. The number of fused-ring (bicyclic) bond motifs is 1. The zero-order valence-corrected chi connectivity index (χ0v) is 16.7. The summed E-state index contributed by atoms with van der Waals surface area (Å²) in [4.78, 5) is 4.66. The number of methoxy groups -OCH3 is 1. The summed E-state index contributed by atoms with van der Waals surface area (Å²) in [6.45, 7) is 5.10. The molecule has 0 unspecified atom stereocenters. The molecule has 0 spiro atoms. The fourth-order valence-corrected chi connectivity index (χ4v) is 3.42. The molecule has 146 valence electrons. The SMILES string of the molecule is CCNC(=NCc1nnc2n1CCCC2)NCCc1ccc(OC)cc1Cl. The molecule has 1 aliphatic heterocycles. The van der Waals surface area contributed by atoms with Crippen LogP contribution in [-0.2, 0) is 25.9 Å². The Balaban J connectivity index is 1.57. The van der Waals surface area contributed by atoms with E-state index in [9.17, 15) is 0 Å². The first kappa shape index (κ1) is 19.5. The van der Waals surface area contributed by atoms with E-state index in [4.69, 9.17) is 16.3 Å². The van der Waals surface area contributed by atoms with Crippen LogP contribution >= 0.6 is 11.6 Å². The highest BCUT2D eigenvalue weighted by molar-refractivity contribution is 6.31. The second kappa shape index (κ2) is 9.60. The Labute approximate surface area is 165 Å². The first-order chi connectivity index (χ1) is 13.2. The molecule has 0 amide bonds. The Morgan fingerprint density at radius 3 is 2.96 bits per heavy atom. The van der Waals surface area contributed by atoms with Crippen molar-refractivity contribution >= 4 is 17.6 Å². The molecule has 7 nitrogen and oxygen atoms in total. The van der Waals surface area contributed by atoms with E-state index in [1.165, 1.54) is 12.8 Å². The number of guanidine groups is 1. The van der Waals surface area contributed by atoms with Gasteiger partial charge in [-0.3, -0.25) is 0 Å². The van der Waals surface area contributed by atoms with Gasteiger partial charge in [0.1, 0.15) is 18.1 Å². The van der Waals surface area contributed by atoms with E-state index in [-0.39, 0.29) is 0 Å². The zero-order chi connectivity index (χ0) is 19.1. The molecule has 0 saturated heterocycles. The van der Waals surface area contributed by atoms with Gasteiger partial charge in [-0.25, -0.2) is 4.99 Å². The number of nitrogens with zero attached hydrogens (tertiary/aromatic N) is 4. The van der Waals surface area contributed by atoms with E-state index in [0.717, 1.165) is 61.4 Å². The van der Waals surface area contributed by atoms with E-state index in [1.807, 2.05) is 18.2 Å². The van der Waals surface area contributed by atoms with Crippen molar-refractivity contribution in [2.45, 2.75) is 45.7 Å². The molecule has 0 fully saturated rings. The van der Waals surface area contributed by atoms with Gasteiger partial charge in [0.05, 0.1) is 7.11 Å². The van der Waals surface area contributed by atoms with Gasteiger partial charge in [-0.15, -0.1) is 10.2 Å². The molecule has 3 rings (SSSR count). The number of aryl methyl sites for hydroxylation is 1. The average Bonchev–Trinajstić information content (AvgIpc) is 3.10. The summed E-state index contributed by atoms with van der Waals surface area (Å²) in [6.07, 6.45) is 4.19. The molecule has 1 aliphatic rings. The Hall–Kier alpha value is -2.28. The van der Waals surface area contributed by atoms with Gasteiger partial charge in [0.15, 0.2) is 11.8 Å². The first-order valence-corrected chi connectivity index (χ1v) is 9.84. The third-order valence-electron chi connectivity index (χ3n) is 4.61. The molecule has 2 N–H and O–H groups in total. The monoisotopic (exact) mass is 390 g/mol. The fourth-order valence-electron chi connectivity index (χ4n) is 3.15. The van der Waals surface area contributed by atoms with Crippen molar-refractivity contribution in [1.29, 1.82) is 0 Å². The maximum atomic E-state index is 6.31. The smallest absolute Gasteiger partial charge is 0.191 e. The Kier molecular flexibility index (Phi) is 6.92. The first-order valence-electron chi connectivity index (χ1n) is 9.46. The third-order valence-corrected chi connectivity index (χ3v) is 4.96. The van der Waals surface area contributed by atoms with Gasteiger partial charge in [0.25, 0.3) is 0 Å². The number of benzene rings is 1. The molecule has 0 atom stereocenters. The van der Waals surface area contributed by atoms with Gasteiger partial charge in [-0.1, -0.05) is 17.7 Å². The van der Waals surface area contributed by atoms with Gasteiger partial charge in [0, 0.05) is 31.1 Å². The van der Waals surface area contributed by atoms with Crippen LogP contribution in [0.4, 0.5) is 0 Å². The number of ether oxygens (including phenoxy) is 1. The van der Waals surface area contributed by atoms with E-state index < -0.39 is 0 Å². The molecule has 0 radical (unpaired) electrons. The van der Waals surface area contributed by atoms with Crippen LogP contribution in [0.5, 0.6) is 5.75 Å². The van der Waals surface area contributed by atoms with Crippen molar-refractivity contribution in [2.75, 3.05) is 20.2 Å². The second-order valence-corrected chi connectivity index (χ2v) is 6.88. The minimum Gasteiger partial charge on any atom is -0.497 e. The molecule has 27 heavy (non-hydrogen) atoms. The molecular formula is C19H27ClN6O. The minimum absolute atomic E-state index is 0.519. The number of aliphatic imine (C=N–C) groups is 1. The molecule has 0 saturated carbocycles. The predicted molar refractivity (Wildman–Crippen MR) is 107 cm³/mol. The average molecular weight is 391 g/mol. The van der Waals surface area contributed by atoms with Crippen LogP contribution in [0, 0.1) is 0 Å². The Bertz CT molecular complexity index is 789. The summed E-state index contributed by atoms with van der Waals surface area (Å²) in [5.74, 6) is 3.55. The van der Waals surface area contributed by atoms with Crippen LogP contribution < -0.4 is 15.4 Å². The van der Waals surface area contributed by atoms with Gasteiger partial charge < -0.3 is 19.9 Å². The normalized spacial score (nSPS) is 14.0. The predicted octanol–water partition coefficient (Wildman–Crippen LogP) is 2.57. The molecule has 2 heterocycles. The summed E-state index contributed by atoms with van der Waals surface area (Å²) in [5.41, 5.74) is 1.08. The lowest BCUT2D eigenvalue weighted by molar-refractivity contribution is 0.414. The van der Waals surface area contributed by atoms with Crippen LogP contribution in [-0.4, -0.2) is 40.9 Å². The number of hydrogen-bond donors (Lipinski definition) is 2. The lowest BCUT2D eigenvalue weighted by Gasteiger charge is -2.15. The molecular weight excluding hydrogens is 364 g/mol. The fraction of sp³-hybridized carbons (Fsp3) is 0.526. The molecule has 1 aromatic carbocycles. The Morgan fingerprint density at radius 1 is 1.30 bits per heavy atom. The van der Waals surface area contributed by atoms with Crippen molar-refractivity contribution in [3.05, 3.63) is 40.4 Å².